The Morgan fingerprint density at radius 3 is 2.09 bits per heavy atom. The van der Waals surface area contributed by atoms with Crippen LogP contribution in [0.5, 0.6) is 5.75 Å². The lowest BCUT2D eigenvalue weighted by atomic mass is 9.72. The number of allylic oxidation sites excluding steroid dienone is 4. The normalized spacial score (nSPS) is 19.9. The Morgan fingerprint density at radius 1 is 0.766 bits per heavy atom. The number of aryl methyl sites for hydroxylation is 1. The third-order valence-corrected chi connectivity index (χ3v) is 9.37. The number of carbonyl (C=O) groups excluding carboxylic acids is 1. The van der Waals surface area contributed by atoms with Crippen LogP contribution in [-0.2, 0) is 11.2 Å². The second-order valence-corrected chi connectivity index (χ2v) is 12.2. The first-order chi connectivity index (χ1) is 22.6. The molecule has 5 rings (SSSR count). The second kappa shape index (κ2) is 15.3. The quantitative estimate of drug-likeness (QED) is 0.124. The van der Waals surface area contributed by atoms with Crippen LogP contribution in [0.15, 0.2) is 54.6 Å². The van der Waals surface area contributed by atoms with Crippen molar-refractivity contribution < 1.29 is 40.6 Å². The molecule has 1 fully saturated rings. The van der Waals surface area contributed by atoms with Crippen molar-refractivity contribution in [1.82, 2.24) is 0 Å². The van der Waals surface area contributed by atoms with Crippen LogP contribution < -0.4 is 4.74 Å². The first-order valence-electron chi connectivity index (χ1n) is 16.2. The maximum atomic E-state index is 15.1. The molecule has 0 amide bonds. The lowest BCUT2D eigenvalue weighted by Crippen LogP contribution is -2.28. The highest BCUT2D eigenvalue weighted by molar-refractivity contribution is 5.90. The Bertz CT molecular complexity index is 1670. The molecule has 0 heterocycles. The molecular weight excluding hydrogens is 618 g/mol. The molecule has 3 aromatic carbocycles. The van der Waals surface area contributed by atoms with Gasteiger partial charge in [-0.25, -0.2) is 26.7 Å². The van der Waals surface area contributed by atoms with E-state index >= 15 is 8.78 Å². The molecule has 0 radical (unpaired) electrons. The highest BCUT2D eigenvalue weighted by Crippen LogP contribution is 2.42. The number of benzene rings is 3. The minimum atomic E-state index is -1.48. The molecule has 47 heavy (non-hydrogen) atoms. The Kier molecular flexibility index (Phi) is 11.1. The highest BCUT2D eigenvalue weighted by Gasteiger charge is 2.32. The minimum absolute atomic E-state index is 0.102. The van der Waals surface area contributed by atoms with E-state index in [-0.39, 0.29) is 29.9 Å². The summed E-state index contributed by atoms with van der Waals surface area (Å²) in [5.74, 6) is -7.65. The van der Waals surface area contributed by atoms with Gasteiger partial charge >= 0.3 is 5.97 Å². The maximum Gasteiger partial charge on any atom is 0.341 e. The van der Waals surface area contributed by atoms with E-state index in [4.69, 9.17) is 9.47 Å². The average Bonchev–Trinajstić information content (AvgIpc) is 3.07. The molecule has 1 atom stereocenters. The molecule has 0 spiro atoms. The highest BCUT2D eigenvalue weighted by atomic mass is 19.2. The summed E-state index contributed by atoms with van der Waals surface area (Å²) >= 11 is 0. The summed E-state index contributed by atoms with van der Waals surface area (Å²) in [6.45, 7) is 3.76. The number of carbonyl (C=O) groups is 1. The fourth-order valence-electron chi connectivity index (χ4n) is 6.78. The van der Waals surface area contributed by atoms with Gasteiger partial charge in [0.2, 0.25) is 5.82 Å². The van der Waals surface area contributed by atoms with Crippen LogP contribution in [0, 0.1) is 46.7 Å². The summed E-state index contributed by atoms with van der Waals surface area (Å²) in [7, 11) is 0. The van der Waals surface area contributed by atoms with Crippen molar-refractivity contribution in [2.75, 3.05) is 6.61 Å². The Morgan fingerprint density at radius 2 is 1.43 bits per heavy atom. The molecule has 3 nitrogen and oxygen atoms in total. The largest absolute Gasteiger partial charge is 0.491 e. The van der Waals surface area contributed by atoms with E-state index in [1.165, 1.54) is 18.2 Å². The van der Waals surface area contributed by atoms with Gasteiger partial charge in [0.05, 0.1) is 12.2 Å². The number of esters is 1. The lowest BCUT2D eigenvalue weighted by Gasteiger charge is -2.35. The first-order valence-corrected chi connectivity index (χ1v) is 16.2. The summed E-state index contributed by atoms with van der Waals surface area (Å²) in [6, 6.07) is 7.65. The van der Waals surface area contributed by atoms with E-state index in [1.54, 1.807) is 19.1 Å². The second-order valence-electron chi connectivity index (χ2n) is 12.2. The summed E-state index contributed by atoms with van der Waals surface area (Å²) in [6.07, 6.45) is 10.6. The molecular formula is C38H38F6O3. The predicted octanol–water partition coefficient (Wildman–Crippen LogP) is 10.7. The third-order valence-electron chi connectivity index (χ3n) is 9.37. The van der Waals surface area contributed by atoms with Crippen molar-refractivity contribution in [1.29, 1.82) is 0 Å². The van der Waals surface area contributed by atoms with Gasteiger partial charge in [0.1, 0.15) is 6.10 Å². The van der Waals surface area contributed by atoms with Crippen molar-refractivity contribution in [3.63, 3.8) is 0 Å². The summed E-state index contributed by atoms with van der Waals surface area (Å²) < 4.78 is 99.5. The zero-order valence-electron chi connectivity index (χ0n) is 26.5. The van der Waals surface area contributed by atoms with Gasteiger partial charge < -0.3 is 9.47 Å². The van der Waals surface area contributed by atoms with Gasteiger partial charge in [-0.1, -0.05) is 36.4 Å². The predicted molar refractivity (Wildman–Crippen MR) is 169 cm³/mol. The van der Waals surface area contributed by atoms with Crippen LogP contribution in [0.1, 0.15) is 86.7 Å². The van der Waals surface area contributed by atoms with Gasteiger partial charge in [-0.2, -0.15) is 4.39 Å². The number of halogens is 6. The van der Waals surface area contributed by atoms with Crippen LogP contribution in [0.3, 0.4) is 0 Å². The van der Waals surface area contributed by atoms with Crippen LogP contribution in [0.2, 0.25) is 0 Å². The standard InChI is InChI=1S/C38H38F6O3/c1-3-5-6-7-25-14-17-28(34(41)32(25)39)29-18-19-30(36(43)35(29)42)38(45)47-26-15-12-23(13-16-26)22-8-10-24(11-9-22)27-20-21-31(46-4-2)37(44)33(27)40/h3,5,10,14,17-23,26H,4,6-9,11-13,15-16H2,1-2H3. The summed E-state index contributed by atoms with van der Waals surface area (Å²) in [4.78, 5) is 12.8. The van der Waals surface area contributed by atoms with Crippen LogP contribution in [0.25, 0.3) is 16.7 Å². The molecule has 0 aliphatic heterocycles. The molecule has 250 valence electrons. The lowest BCUT2D eigenvalue weighted by molar-refractivity contribution is 0.0123. The average molecular weight is 657 g/mol. The fourth-order valence-corrected chi connectivity index (χ4v) is 6.78. The Hall–Kier alpha value is -4.01. The van der Waals surface area contributed by atoms with Crippen LogP contribution in [-0.4, -0.2) is 18.7 Å². The Balaban J connectivity index is 1.17. The van der Waals surface area contributed by atoms with Crippen molar-refractivity contribution in [2.24, 2.45) is 11.8 Å². The Labute approximate surface area is 271 Å². The topological polar surface area (TPSA) is 35.5 Å². The molecule has 1 unspecified atom stereocenters. The van der Waals surface area contributed by atoms with Crippen molar-refractivity contribution >= 4 is 11.5 Å². The molecule has 1 saturated carbocycles. The monoisotopic (exact) mass is 656 g/mol. The van der Waals surface area contributed by atoms with Gasteiger partial charge in [0.25, 0.3) is 0 Å². The minimum Gasteiger partial charge on any atom is -0.491 e. The van der Waals surface area contributed by atoms with E-state index in [2.05, 4.69) is 0 Å². The van der Waals surface area contributed by atoms with Gasteiger partial charge in [-0.15, -0.1) is 0 Å². The molecule has 0 N–H and O–H groups in total. The third kappa shape index (κ3) is 7.44. The van der Waals surface area contributed by atoms with Gasteiger partial charge in [-0.05, 0) is 113 Å². The summed E-state index contributed by atoms with van der Waals surface area (Å²) in [5.41, 5.74) is -0.387. The number of hydrogen-bond donors (Lipinski definition) is 0. The van der Waals surface area contributed by atoms with Gasteiger partial charge in [0, 0.05) is 16.7 Å². The van der Waals surface area contributed by atoms with Crippen molar-refractivity contribution in [3.8, 4) is 16.9 Å². The van der Waals surface area contributed by atoms with E-state index in [9.17, 15) is 22.4 Å². The zero-order valence-corrected chi connectivity index (χ0v) is 26.5. The van der Waals surface area contributed by atoms with E-state index in [0.29, 0.717) is 37.5 Å². The first kappa shape index (κ1) is 34.3. The molecule has 2 aliphatic carbocycles. The number of hydrogen-bond acceptors (Lipinski definition) is 3. The fraction of sp³-hybridized carbons (Fsp3) is 0.395. The smallest absolute Gasteiger partial charge is 0.341 e. The van der Waals surface area contributed by atoms with Gasteiger partial charge in [0.15, 0.2) is 34.8 Å². The number of ether oxygens (including phenoxy) is 2. The van der Waals surface area contributed by atoms with E-state index in [1.807, 2.05) is 19.1 Å². The maximum absolute atomic E-state index is 15.1. The molecule has 0 aromatic heterocycles. The summed E-state index contributed by atoms with van der Waals surface area (Å²) in [5, 5.41) is 0. The molecule has 0 bridgehead atoms. The zero-order chi connectivity index (χ0) is 33.7. The molecule has 2 aliphatic rings. The van der Waals surface area contributed by atoms with Crippen molar-refractivity contribution in [3.05, 3.63) is 106 Å². The van der Waals surface area contributed by atoms with Crippen LogP contribution in [0.4, 0.5) is 26.3 Å². The molecule has 3 aromatic rings. The molecule has 0 saturated heterocycles. The van der Waals surface area contributed by atoms with Crippen molar-refractivity contribution in [2.45, 2.75) is 77.7 Å². The molecule has 9 heteroatoms. The van der Waals surface area contributed by atoms with E-state index in [0.717, 1.165) is 43.4 Å². The van der Waals surface area contributed by atoms with Gasteiger partial charge in [-0.3, -0.25) is 0 Å². The van der Waals surface area contributed by atoms with Crippen LogP contribution >= 0.6 is 0 Å². The van der Waals surface area contributed by atoms with E-state index < -0.39 is 63.7 Å². The SMILES string of the molecule is CC=CCCc1ccc(-c2ccc(C(=O)OC3CCC(C4CC=C(c5ccc(OCC)c(F)c5F)CC4)CC3)c(F)c2F)c(F)c1F. The number of rotatable bonds is 10.